The maximum absolute atomic E-state index is 10.2. The van der Waals surface area contributed by atoms with Crippen LogP contribution in [0.4, 0.5) is 0 Å². The molecule has 0 aromatic carbocycles. The molecule has 1 rings (SSSR count). The second kappa shape index (κ2) is 1.04. The quantitative estimate of drug-likeness (QED) is 0.453. The summed E-state index contributed by atoms with van der Waals surface area (Å²) in [4.78, 5) is 0. The monoisotopic (exact) mass is 109 g/mol. The van der Waals surface area contributed by atoms with Crippen LogP contribution in [-0.2, 0) is 13.8 Å². The first kappa shape index (κ1) is 4.27. The first-order valence-electron chi connectivity index (χ1n) is 1.40. The van der Waals surface area contributed by atoms with Crippen molar-refractivity contribution in [2.24, 2.45) is 0 Å². The summed E-state index contributed by atoms with van der Waals surface area (Å²) in [6.07, 6.45) is 0. The summed E-state index contributed by atoms with van der Waals surface area (Å²) in [6.45, 7) is 1.38. The van der Waals surface area contributed by atoms with E-state index in [0.717, 1.165) is 0 Å². The van der Waals surface area contributed by atoms with Crippen LogP contribution in [0, 0.1) is 0 Å². The van der Waals surface area contributed by atoms with Gasteiger partial charge in [0.2, 0.25) is 0 Å². The molecular weight excluding hydrogens is 105 g/mol. The Labute approximate surface area is 34.9 Å². The summed E-state index contributed by atoms with van der Waals surface area (Å²) in [5, 5.41) is 0. The van der Waals surface area contributed by atoms with Gasteiger partial charge in [0, 0.05) is 6.66 Å². The molecule has 0 aromatic rings. The summed E-state index contributed by atoms with van der Waals surface area (Å²) >= 11 is 0. The van der Waals surface area contributed by atoms with E-state index in [4.69, 9.17) is 0 Å². The molecule has 1 heterocycles. The second-order valence-electron chi connectivity index (χ2n) is 1.04. The van der Waals surface area contributed by atoms with Gasteiger partial charge < -0.3 is 0 Å². The smallest absolute Gasteiger partial charge is 0.257 e. The van der Waals surface area contributed by atoms with E-state index >= 15 is 0 Å². The van der Waals surface area contributed by atoms with Crippen LogP contribution >= 0.6 is 7.60 Å². The predicted octanol–water partition coefficient (Wildman–Crippen LogP) is 0.276. The number of hydrogen-bond donors (Lipinski definition) is 1. The van der Waals surface area contributed by atoms with Crippen LogP contribution in [-0.4, -0.2) is 6.66 Å². The van der Waals surface area contributed by atoms with Crippen LogP contribution in [0.15, 0.2) is 0 Å². The summed E-state index contributed by atoms with van der Waals surface area (Å²) in [5.74, 6) is 0. The molecule has 4 nitrogen and oxygen atoms in total. The van der Waals surface area contributed by atoms with Gasteiger partial charge in [-0.05, 0) is 0 Å². The summed E-state index contributed by atoms with van der Waals surface area (Å²) in [6, 6.07) is 0. The summed E-state index contributed by atoms with van der Waals surface area (Å²) < 4.78 is 18.6. The topological polar surface area (TPSA) is 47.6 Å². The van der Waals surface area contributed by atoms with Gasteiger partial charge in [-0.3, -0.25) is 4.57 Å². The van der Waals surface area contributed by atoms with Crippen molar-refractivity contribution in [3.63, 3.8) is 0 Å². The predicted molar refractivity (Wildman–Crippen MR) is 18.8 cm³/mol. The molecule has 0 spiro atoms. The number of rotatable bonds is 0. The molecule has 0 bridgehead atoms. The van der Waals surface area contributed by atoms with E-state index in [1.807, 2.05) is 5.64 Å². The number of nitrogens with one attached hydrogen (secondary N) is 1. The zero-order valence-electron chi connectivity index (χ0n) is 3.17. The fourth-order valence-corrected chi connectivity index (χ4v) is 0.427. The van der Waals surface area contributed by atoms with E-state index < -0.39 is 7.60 Å². The molecule has 1 fully saturated rings. The van der Waals surface area contributed by atoms with Gasteiger partial charge >= 0.3 is 7.60 Å². The SMILES string of the molecule is CP1(=O)ONO1. The summed E-state index contributed by atoms with van der Waals surface area (Å²) in [7, 11) is -2.58. The van der Waals surface area contributed by atoms with Crippen LogP contribution in [0.5, 0.6) is 0 Å². The molecule has 0 saturated carbocycles. The van der Waals surface area contributed by atoms with Crippen LogP contribution in [0.25, 0.3) is 0 Å². The minimum Gasteiger partial charge on any atom is -0.257 e. The molecule has 0 unspecified atom stereocenters. The van der Waals surface area contributed by atoms with Gasteiger partial charge in [-0.15, -0.1) is 0 Å². The standard InChI is InChI=1S/CH4NO3P/c1-6(3)4-2-5-6/h2H,1H3. The van der Waals surface area contributed by atoms with Crippen LogP contribution in [0.3, 0.4) is 0 Å². The Morgan fingerprint density at radius 2 is 2.00 bits per heavy atom. The van der Waals surface area contributed by atoms with Gasteiger partial charge in [-0.2, -0.15) is 9.25 Å². The van der Waals surface area contributed by atoms with Gasteiger partial charge in [0.15, 0.2) is 0 Å². The lowest BCUT2D eigenvalue weighted by molar-refractivity contribution is -0.117. The van der Waals surface area contributed by atoms with E-state index in [0.29, 0.717) is 0 Å². The molecule has 1 saturated heterocycles. The van der Waals surface area contributed by atoms with Crippen LogP contribution in [0.2, 0.25) is 0 Å². The first-order valence-corrected chi connectivity index (χ1v) is 3.39. The Bertz CT molecular complexity index is 93.0. The molecule has 0 aromatic heterocycles. The zero-order chi connectivity index (χ0) is 4.62. The van der Waals surface area contributed by atoms with Crippen molar-refractivity contribution >= 4 is 7.60 Å². The second-order valence-corrected chi connectivity index (χ2v) is 2.95. The van der Waals surface area contributed by atoms with Gasteiger partial charge in [-0.1, -0.05) is 5.64 Å². The maximum Gasteiger partial charge on any atom is 0.364 e. The average molecular weight is 109 g/mol. The van der Waals surface area contributed by atoms with Crippen molar-refractivity contribution in [2.45, 2.75) is 0 Å². The van der Waals surface area contributed by atoms with Crippen molar-refractivity contribution in [1.82, 2.24) is 5.64 Å². The molecule has 0 radical (unpaired) electrons. The average Bonchev–Trinajstić information content (AvgIpc) is 1.32. The molecule has 5 heteroatoms. The Hall–Kier alpha value is 0.110. The minimum atomic E-state index is -2.58. The summed E-state index contributed by atoms with van der Waals surface area (Å²) in [5.41, 5.74) is 1.94. The van der Waals surface area contributed by atoms with E-state index in [9.17, 15) is 4.57 Å². The first-order chi connectivity index (χ1) is 2.71. The third-order valence-electron chi connectivity index (χ3n) is 0.406. The van der Waals surface area contributed by atoms with Crippen molar-refractivity contribution in [1.29, 1.82) is 0 Å². The lowest BCUT2D eigenvalue weighted by atomic mass is 12.0. The highest BCUT2D eigenvalue weighted by Crippen LogP contribution is 2.47. The molecule has 1 aliphatic heterocycles. The van der Waals surface area contributed by atoms with Gasteiger partial charge in [-0.25, -0.2) is 0 Å². The van der Waals surface area contributed by atoms with Crippen LogP contribution in [0.1, 0.15) is 0 Å². The maximum atomic E-state index is 10.2. The molecule has 1 N–H and O–H groups in total. The highest BCUT2D eigenvalue weighted by molar-refractivity contribution is 7.53. The Morgan fingerprint density at radius 3 is 2.00 bits per heavy atom. The van der Waals surface area contributed by atoms with Gasteiger partial charge in [0.25, 0.3) is 0 Å². The molecule has 0 amide bonds. The van der Waals surface area contributed by atoms with Crippen LogP contribution < -0.4 is 5.64 Å². The highest BCUT2D eigenvalue weighted by atomic mass is 31.2. The zero-order valence-corrected chi connectivity index (χ0v) is 4.07. The molecule has 1 aliphatic rings. The Balaban J connectivity index is 2.53. The van der Waals surface area contributed by atoms with Crippen molar-refractivity contribution < 1.29 is 13.8 Å². The van der Waals surface area contributed by atoms with E-state index in [-0.39, 0.29) is 0 Å². The minimum absolute atomic E-state index is 1.38. The van der Waals surface area contributed by atoms with E-state index in [1.54, 1.807) is 0 Å². The van der Waals surface area contributed by atoms with Gasteiger partial charge in [0.1, 0.15) is 0 Å². The Kier molecular flexibility index (Phi) is 0.741. The molecule has 0 atom stereocenters. The van der Waals surface area contributed by atoms with Crippen molar-refractivity contribution in [2.75, 3.05) is 6.66 Å². The molecule has 0 aliphatic carbocycles. The van der Waals surface area contributed by atoms with E-state index in [2.05, 4.69) is 9.25 Å². The van der Waals surface area contributed by atoms with Gasteiger partial charge in [0.05, 0.1) is 0 Å². The molecular formula is CH4NO3P. The third kappa shape index (κ3) is 0.604. The Morgan fingerprint density at radius 1 is 1.67 bits per heavy atom. The number of hydrogen-bond acceptors (Lipinski definition) is 4. The normalized spacial score (nSPS) is 28.8. The highest BCUT2D eigenvalue weighted by Gasteiger charge is 2.27. The lowest BCUT2D eigenvalue weighted by Gasteiger charge is -2.20. The fraction of sp³-hybridized carbons (Fsp3) is 1.00. The van der Waals surface area contributed by atoms with Crippen molar-refractivity contribution in [3.8, 4) is 0 Å². The largest absolute Gasteiger partial charge is 0.364 e. The van der Waals surface area contributed by atoms with E-state index in [1.165, 1.54) is 6.66 Å². The van der Waals surface area contributed by atoms with Crippen molar-refractivity contribution in [3.05, 3.63) is 0 Å². The molecule has 36 valence electrons. The molecule has 6 heavy (non-hydrogen) atoms. The fourth-order valence-electron chi connectivity index (χ4n) is 0.142. The lowest BCUT2D eigenvalue weighted by Crippen LogP contribution is -2.23. The third-order valence-corrected chi connectivity index (χ3v) is 1.22.